The van der Waals surface area contributed by atoms with E-state index in [0.717, 1.165) is 12.8 Å². The van der Waals surface area contributed by atoms with E-state index in [2.05, 4.69) is 10.6 Å². The molecule has 0 unspecified atom stereocenters. The number of carbonyl (C=O) groups excluding carboxylic acids is 1. The van der Waals surface area contributed by atoms with Crippen molar-refractivity contribution >= 4 is 34.6 Å². The zero-order valence-electron chi connectivity index (χ0n) is 9.38. The summed E-state index contributed by atoms with van der Waals surface area (Å²) in [6, 6.07) is 5.93. The molecule has 1 aliphatic carbocycles. The molecule has 0 spiro atoms. The molecule has 0 bridgehead atoms. The van der Waals surface area contributed by atoms with Crippen LogP contribution in [0.25, 0.3) is 0 Å². The number of hydrogen-bond donors (Lipinski definition) is 2. The molecule has 2 rings (SSSR count). The van der Waals surface area contributed by atoms with Gasteiger partial charge in [0.25, 0.3) is 5.69 Å². The maximum atomic E-state index is 11.4. The number of nitrogens with zero attached hydrogens (tertiary/aromatic N) is 1. The largest absolute Gasteiger partial charge is 0.332 e. The summed E-state index contributed by atoms with van der Waals surface area (Å²) in [4.78, 5) is 21.5. The van der Waals surface area contributed by atoms with Crippen LogP contribution in [0.5, 0.6) is 0 Å². The lowest BCUT2D eigenvalue weighted by atomic mass is 10.3. The minimum absolute atomic E-state index is 0.0312. The van der Waals surface area contributed by atoms with E-state index in [4.69, 9.17) is 12.2 Å². The molecule has 0 atom stereocenters. The highest BCUT2D eigenvalue weighted by molar-refractivity contribution is 7.80. The molecule has 18 heavy (non-hydrogen) atoms. The molecule has 0 radical (unpaired) electrons. The van der Waals surface area contributed by atoms with Crippen molar-refractivity contribution in [3.63, 3.8) is 0 Å². The van der Waals surface area contributed by atoms with Gasteiger partial charge in [0.15, 0.2) is 5.11 Å². The molecular formula is C11H11N3O3S. The van der Waals surface area contributed by atoms with Crippen LogP contribution < -0.4 is 10.6 Å². The Morgan fingerprint density at radius 1 is 1.44 bits per heavy atom. The minimum Gasteiger partial charge on any atom is -0.332 e. The van der Waals surface area contributed by atoms with Crippen molar-refractivity contribution in [3.05, 3.63) is 34.4 Å². The summed E-state index contributed by atoms with van der Waals surface area (Å²) >= 11 is 4.96. The fourth-order valence-corrected chi connectivity index (χ4v) is 1.64. The first-order valence-electron chi connectivity index (χ1n) is 5.42. The highest BCUT2D eigenvalue weighted by Crippen LogP contribution is 2.28. The van der Waals surface area contributed by atoms with Gasteiger partial charge in [0.05, 0.1) is 4.92 Å². The highest BCUT2D eigenvalue weighted by Gasteiger charge is 2.30. The number of non-ortho nitro benzene ring substituents is 1. The standard InChI is InChI=1S/C11H11N3O3S/c15-10(7-4-5-7)13-11(18)12-8-2-1-3-9(6-8)14(16)17/h1-3,6-7H,4-5H2,(H2,12,13,15,18). The minimum atomic E-state index is -0.489. The van der Waals surface area contributed by atoms with E-state index in [1.807, 2.05) is 0 Å². The highest BCUT2D eigenvalue weighted by atomic mass is 32.1. The average molecular weight is 265 g/mol. The van der Waals surface area contributed by atoms with Gasteiger partial charge in [0.2, 0.25) is 5.91 Å². The predicted molar refractivity (Wildman–Crippen MR) is 70.2 cm³/mol. The third kappa shape index (κ3) is 3.24. The van der Waals surface area contributed by atoms with Crippen molar-refractivity contribution in [1.82, 2.24) is 5.32 Å². The van der Waals surface area contributed by atoms with E-state index in [1.54, 1.807) is 12.1 Å². The van der Waals surface area contributed by atoms with Crippen molar-refractivity contribution in [2.45, 2.75) is 12.8 Å². The molecule has 1 aromatic carbocycles. The third-order valence-electron chi connectivity index (χ3n) is 2.50. The van der Waals surface area contributed by atoms with Crippen LogP contribution in [0.1, 0.15) is 12.8 Å². The second-order valence-corrected chi connectivity index (χ2v) is 4.43. The average Bonchev–Trinajstić information content (AvgIpc) is 3.12. The second kappa shape index (κ2) is 5.09. The first-order chi connectivity index (χ1) is 8.56. The van der Waals surface area contributed by atoms with Gasteiger partial charge in [-0.3, -0.25) is 14.9 Å². The van der Waals surface area contributed by atoms with Crippen molar-refractivity contribution in [3.8, 4) is 0 Å². The van der Waals surface area contributed by atoms with Gasteiger partial charge >= 0.3 is 0 Å². The third-order valence-corrected chi connectivity index (χ3v) is 2.70. The van der Waals surface area contributed by atoms with Crippen LogP contribution in [0.4, 0.5) is 11.4 Å². The lowest BCUT2D eigenvalue weighted by Crippen LogP contribution is -2.35. The molecule has 94 valence electrons. The number of anilines is 1. The van der Waals surface area contributed by atoms with Crippen LogP contribution in [-0.4, -0.2) is 15.9 Å². The Bertz CT molecular complexity index is 514. The Kier molecular flexibility index (Phi) is 3.52. The van der Waals surface area contributed by atoms with Crippen LogP contribution in [0.3, 0.4) is 0 Å². The lowest BCUT2D eigenvalue weighted by Gasteiger charge is -2.08. The molecular weight excluding hydrogens is 254 g/mol. The van der Waals surface area contributed by atoms with Gasteiger partial charge in [-0.15, -0.1) is 0 Å². The van der Waals surface area contributed by atoms with Gasteiger partial charge in [0.1, 0.15) is 0 Å². The Morgan fingerprint density at radius 2 is 2.17 bits per heavy atom. The molecule has 1 amide bonds. The van der Waals surface area contributed by atoms with E-state index in [9.17, 15) is 14.9 Å². The van der Waals surface area contributed by atoms with E-state index in [0.29, 0.717) is 5.69 Å². The summed E-state index contributed by atoms with van der Waals surface area (Å²) in [5.41, 5.74) is 0.446. The first kappa shape index (κ1) is 12.4. The molecule has 0 heterocycles. The van der Waals surface area contributed by atoms with Crippen LogP contribution in [-0.2, 0) is 4.79 Å². The van der Waals surface area contributed by atoms with Gasteiger partial charge in [-0.05, 0) is 31.1 Å². The summed E-state index contributed by atoms with van der Waals surface area (Å²) in [6.45, 7) is 0. The number of benzene rings is 1. The summed E-state index contributed by atoms with van der Waals surface area (Å²) in [7, 11) is 0. The first-order valence-corrected chi connectivity index (χ1v) is 5.83. The number of amides is 1. The van der Waals surface area contributed by atoms with Crippen molar-refractivity contribution in [2.24, 2.45) is 5.92 Å². The molecule has 7 heteroatoms. The van der Waals surface area contributed by atoms with Crippen molar-refractivity contribution < 1.29 is 9.72 Å². The zero-order chi connectivity index (χ0) is 13.1. The van der Waals surface area contributed by atoms with Gasteiger partial charge in [0, 0.05) is 23.7 Å². The number of thiocarbonyl (C=S) groups is 1. The van der Waals surface area contributed by atoms with Crippen LogP contribution >= 0.6 is 12.2 Å². The summed E-state index contributed by atoms with van der Waals surface area (Å²) < 4.78 is 0. The van der Waals surface area contributed by atoms with Crippen molar-refractivity contribution in [1.29, 1.82) is 0 Å². The summed E-state index contributed by atoms with van der Waals surface area (Å²) in [6.07, 6.45) is 1.79. The zero-order valence-corrected chi connectivity index (χ0v) is 10.2. The van der Waals surface area contributed by atoms with E-state index >= 15 is 0 Å². The number of nitro benzene ring substituents is 1. The van der Waals surface area contributed by atoms with Crippen LogP contribution in [0.15, 0.2) is 24.3 Å². The monoisotopic (exact) mass is 265 g/mol. The maximum absolute atomic E-state index is 11.4. The predicted octanol–water partition coefficient (Wildman–Crippen LogP) is 1.82. The van der Waals surface area contributed by atoms with Gasteiger partial charge in [-0.25, -0.2) is 0 Å². The Labute approximate surface area is 109 Å². The normalized spacial score (nSPS) is 13.8. The second-order valence-electron chi connectivity index (χ2n) is 4.03. The molecule has 1 saturated carbocycles. The van der Waals surface area contributed by atoms with Gasteiger partial charge in [-0.2, -0.15) is 0 Å². The molecule has 1 fully saturated rings. The quantitative estimate of drug-likeness (QED) is 0.494. The van der Waals surface area contributed by atoms with Crippen molar-refractivity contribution in [2.75, 3.05) is 5.32 Å². The topological polar surface area (TPSA) is 84.3 Å². The number of hydrogen-bond acceptors (Lipinski definition) is 4. The molecule has 6 nitrogen and oxygen atoms in total. The number of rotatable bonds is 3. The SMILES string of the molecule is O=C(NC(=S)Nc1cccc([N+](=O)[O-])c1)C1CC1. The molecule has 1 aliphatic rings. The van der Waals surface area contributed by atoms with E-state index < -0.39 is 4.92 Å². The van der Waals surface area contributed by atoms with E-state index in [-0.39, 0.29) is 22.6 Å². The van der Waals surface area contributed by atoms with Gasteiger partial charge in [-0.1, -0.05) is 6.07 Å². The molecule has 1 aromatic rings. The Hall–Kier alpha value is -2.02. The maximum Gasteiger partial charge on any atom is 0.271 e. The van der Waals surface area contributed by atoms with Gasteiger partial charge < -0.3 is 10.6 Å². The van der Waals surface area contributed by atoms with Crippen LogP contribution in [0.2, 0.25) is 0 Å². The Balaban J connectivity index is 1.95. The molecule has 2 N–H and O–H groups in total. The smallest absolute Gasteiger partial charge is 0.271 e. The fourth-order valence-electron chi connectivity index (χ4n) is 1.42. The molecule has 0 aliphatic heterocycles. The lowest BCUT2D eigenvalue weighted by molar-refractivity contribution is -0.384. The Morgan fingerprint density at radius 3 is 2.78 bits per heavy atom. The number of nitrogens with one attached hydrogen (secondary N) is 2. The molecule has 0 saturated heterocycles. The fraction of sp³-hybridized carbons (Fsp3) is 0.273. The summed E-state index contributed by atoms with van der Waals surface area (Å²) in [5, 5.41) is 16.0. The number of carbonyl (C=O) groups is 1. The molecule has 0 aromatic heterocycles. The summed E-state index contributed by atoms with van der Waals surface area (Å²) in [5.74, 6) is -0.0345. The number of nitro groups is 1. The van der Waals surface area contributed by atoms with Crippen LogP contribution in [0, 0.1) is 16.0 Å². The van der Waals surface area contributed by atoms with E-state index in [1.165, 1.54) is 12.1 Å².